The van der Waals surface area contributed by atoms with E-state index in [0.29, 0.717) is 10.8 Å². The van der Waals surface area contributed by atoms with Crippen LogP contribution in [0, 0.1) is 10.8 Å². The summed E-state index contributed by atoms with van der Waals surface area (Å²) in [6.45, 7) is 11.3. The van der Waals surface area contributed by atoms with Crippen LogP contribution in [0.2, 0.25) is 0 Å². The lowest BCUT2D eigenvalue weighted by Gasteiger charge is -2.45. The fourth-order valence-corrected chi connectivity index (χ4v) is 3.81. The zero-order valence-electron chi connectivity index (χ0n) is 13.4. The topological polar surface area (TPSA) is 55.1 Å². The minimum absolute atomic E-state index is 0.0342. The van der Waals surface area contributed by atoms with Crippen molar-refractivity contribution < 1.29 is 4.79 Å². The monoisotopic (exact) mass is 268 g/mol. The normalized spacial score (nSPS) is 23.9. The van der Waals surface area contributed by atoms with Crippen LogP contribution in [0.3, 0.4) is 0 Å². The van der Waals surface area contributed by atoms with E-state index in [1.807, 2.05) is 0 Å². The van der Waals surface area contributed by atoms with Gasteiger partial charge in [-0.1, -0.05) is 47.5 Å². The lowest BCUT2D eigenvalue weighted by Crippen LogP contribution is -2.50. The molecule has 3 nitrogen and oxygen atoms in total. The molecule has 0 spiro atoms. The number of hydrogen-bond acceptors (Lipinski definition) is 2. The molecule has 1 amide bonds. The summed E-state index contributed by atoms with van der Waals surface area (Å²) in [4.78, 5) is 12.1. The second-order valence-electron chi connectivity index (χ2n) is 7.87. The highest BCUT2D eigenvalue weighted by Crippen LogP contribution is 2.45. The Morgan fingerprint density at radius 2 is 1.79 bits per heavy atom. The van der Waals surface area contributed by atoms with E-state index in [9.17, 15) is 4.79 Å². The third kappa shape index (κ3) is 5.52. The van der Waals surface area contributed by atoms with Gasteiger partial charge in [0, 0.05) is 6.04 Å². The maximum atomic E-state index is 12.1. The molecule has 112 valence electrons. The Morgan fingerprint density at radius 1 is 1.26 bits per heavy atom. The maximum absolute atomic E-state index is 12.1. The van der Waals surface area contributed by atoms with Gasteiger partial charge in [0.15, 0.2) is 0 Å². The van der Waals surface area contributed by atoms with Crippen molar-refractivity contribution in [3.8, 4) is 0 Å². The molecule has 19 heavy (non-hydrogen) atoms. The zero-order valence-corrected chi connectivity index (χ0v) is 13.4. The smallest absolute Gasteiger partial charge is 0.237 e. The van der Waals surface area contributed by atoms with Gasteiger partial charge in [-0.3, -0.25) is 4.79 Å². The van der Waals surface area contributed by atoms with Gasteiger partial charge in [0.05, 0.1) is 6.04 Å². The van der Waals surface area contributed by atoms with Crippen LogP contribution in [0.5, 0.6) is 0 Å². The third-order valence-electron chi connectivity index (χ3n) is 4.11. The highest BCUT2D eigenvalue weighted by atomic mass is 16.2. The van der Waals surface area contributed by atoms with Gasteiger partial charge in [-0.15, -0.1) is 0 Å². The van der Waals surface area contributed by atoms with Crippen LogP contribution in [0.4, 0.5) is 0 Å². The molecule has 1 aliphatic rings. The predicted octanol–water partition coefficient (Wildman–Crippen LogP) is 3.23. The van der Waals surface area contributed by atoms with Crippen LogP contribution in [0.1, 0.15) is 73.1 Å². The molecule has 1 aliphatic carbocycles. The van der Waals surface area contributed by atoms with Gasteiger partial charge in [0.25, 0.3) is 0 Å². The molecule has 0 aromatic rings. The summed E-state index contributed by atoms with van der Waals surface area (Å²) in [5, 5.41) is 3.17. The quantitative estimate of drug-likeness (QED) is 0.804. The van der Waals surface area contributed by atoms with Gasteiger partial charge in [0.2, 0.25) is 5.91 Å². The SMILES string of the molecule is CCCCC(N)C(=O)NC1CC(C)(C)CC(C)(C)C1. The molecule has 0 saturated heterocycles. The molecule has 0 bridgehead atoms. The molecule has 1 unspecified atom stereocenters. The average Bonchev–Trinajstić information content (AvgIpc) is 2.20. The molecule has 3 N–H and O–H groups in total. The first kappa shape index (κ1) is 16.5. The highest BCUT2D eigenvalue weighted by molar-refractivity contribution is 5.81. The Bertz CT molecular complexity index is 294. The van der Waals surface area contributed by atoms with Crippen molar-refractivity contribution in [1.82, 2.24) is 5.32 Å². The lowest BCUT2D eigenvalue weighted by molar-refractivity contribution is -0.124. The number of hydrogen-bond donors (Lipinski definition) is 2. The van der Waals surface area contributed by atoms with Crippen LogP contribution in [0.25, 0.3) is 0 Å². The molecule has 0 aromatic heterocycles. The van der Waals surface area contributed by atoms with E-state index in [2.05, 4.69) is 39.9 Å². The number of nitrogens with one attached hydrogen (secondary N) is 1. The molecular formula is C16H32N2O. The second kappa shape index (κ2) is 6.25. The van der Waals surface area contributed by atoms with Crippen molar-refractivity contribution in [3.05, 3.63) is 0 Å². The van der Waals surface area contributed by atoms with E-state index in [1.165, 1.54) is 6.42 Å². The summed E-state index contributed by atoms with van der Waals surface area (Å²) in [6.07, 6.45) is 6.24. The molecule has 0 aromatic carbocycles. The number of nitrogens with two attached hydrogens (primary N) is 1. The Kier molecular flexibility index (Phi) is 5.43. The van der Waals surface area contributed by atoms with E-state index in [0.717, 1.165) is 32.1 Å². The fourth-order valence-electron chi connectivity index (χ4n) is 3.81. The van der Waals surface area contributed by atoms with Crippen molar-refractivity contribution in [2.75, 3.05) is 0 Å². The van der Waals surface area contributed by atoms with Crippen LogP contribution in [-0.4, -0.2) is 18.0 Å². The number of rotatable bonds is 5. The largest absolute Gasteiger partial charge is 0.352 e. The van der Waals surface area contributed by atoms with Gasteiger partial charge in [0.1, 0.15) is 0 Å². The molecule has 1 fully saturated rings. The standard InChI is InChI=1S/C16H32N2O/c1-6-7-8-13(17)14(19)18-12-9-15(2,3)11-16(4,5)10-12/h12-13H,6-11,17H2,1-5H3,(H,18,19). The van der Waals surface area contributed by atoms with Gasteiger partial charge < -0.3 is 11.1 Å². The van der Waals surface area contributed by atoms with Crippen LogP contribution < -0.4 is 11.1 Å². The van der Waals surface area contributed by atoms with E-state index in [-0.39, 0.29) is 18.0 Å². The molecule has 0 aliphatic heterocycles. The summed E-state index contributed by atoms with van der Waals surface area (Å²) in [6, 6.07) is -0.0629. The minimum Gasteiger partial charge on any atom is -0.352 e. The van der Waals surface area contributed by atoms with E-state index in [1.54, 1.807) is 0 Å². The summed E-state index contributed by atoms with van der Waals surface area (Å²) < 4.78 is 0. The van der Waals surface area contributed by atoms with E-state index < -0.39 is 0 Å². The van der Waals surface area contributed by atoms with Gasteiger partial charge in [-0.05, 0) is 36.5 Å². The Morgan fingerprint density at radius 3 is 2.26 bits per heavy atom. The number of carbonyl (C=O) groups is 1. The van der Waals surface area contributed by atoms with Crippen molar-refractivity contribution in [2.24, 2.45) is 16.6 Å². The van der Waals surface area contributed by atoms with E-state index >= 15 is 0 Å². The summed E-state index contributed by atoms with van der Waals surface area (Å²) >= 11 is 0. The zero-order chi connectivity index (χ0) is 14.7. The van der Waals surface area contributed by atoms with Crippen molar-refractivity contribution >= 4 is 5.91 Å². The number of amides is 1. The van der Waals surface area contributed by atoms with Gasteiger partial charge >= 0.3 is 0 Å². The summed E-state index contributed by atoms with van der Waals surface area (Å²) in [5.74, 6) is 0.0342. The highest BCUT2D eigenvalue weighted by Gasteiger charge is 2.39. The fraction of sp³-hybridized carbons (Fsp3) is 0.938. The van der Waals surface area contributed by atoms with E-state index in [4.69, 9.17) is 5.73 Å². The first-order valence-electron chi connectivity index (χ1n) is 7.71. The van der Waals surface area contributed by atoms with Crippen molar-refractivity contribution in [2.45, 2.75) is 85.2 Å². The molecule has 0 heterocycles. The maximum Gasteiger partial charge on any atom is 0.237 e. The second-order valence-corrected chi connectivity index (χ2v) is 7.87. The molecule has 3 heteroatoms. The Labute approximate surface area is 118 Å². The lowest BCUT2D eigenvalue weighted by atomic mass is 9.63. The summed E-state index contributed by atoms with van der Waals surface area (Å²) in [7, 11) is 0. The van der Waals surface area contributed by atoms with Crippen LogP contribution >= 0.6 is 0 Å². The Balaban J connectivity index is 2.54. The van der Waals surface area contributed by atoms with Gasteiger partial charge in [-0.2, -0.15) is 0 Å². The first-order valence-corrected chi connectivity index (χ1v) is 7.71. The first-order chi connectivity index (χ1) is 8.65. The average molecular weight is 268 g/mol. The minimum atomic E-state index is -0.340. The molecule has 0 radical (unpaired) electrons. The third-order valence-corrected chi connectivity index (χ3v) is 4.11. The van der Waals surface area contributed by atoms with Gasteiger partial charge in [-0.25, -0.2) is 0 Å². The predicted molar refractivity (Wildman–Crippen MR) is 80.8 cm³/mol. The Hall–Kier alpha value is -0.570. The molecular weight excluding hydrogens is 236 g/mol. The number of carbonyl (C=O) groups excluding carboxylic acids is 1. The molecule has 1 saturated carbocycles. The van der Waals surface area contributed by atoms with Crippen molar-refractivity contribution in [3.63, 3.8) is 0 Å². The molecule has 1 atom stereocenters. The number of unbranched alkanes of at least 4 members (excludes halogenated alkanes) is 1. The van der Waals surface area contributed by atoms with Crippen LogP contribution in [0.15, 0.2) is 0 Å². The molecule has 1 rings (SSSR count). The summed E-state index contributed by atoms with van der Waals surface area (Å²) in [5.41, 5.74) is 6.54. The van der Waals surface area contributed by atoms with Crippen LogP contribution in [-0.2, 0) is 4.79 Å². The van der Waals surface area contributed by atoms with Crippen molar-refractivity contribution in [1.29, 1.82) is 0 Å².